The molecule has 1 atom stereocenters. The van der Waals surface area contributed by atoms with Crippen LogP contribution in [0.5, 0.6) is 0 Å². The van der Waals surface area contributed by atoms with E-state index >= 15 is 0 Å². The van der Waals surface area contributed by atoms with Crippen LogP contribution in [0.1, 0.15) is 36.8 Å². The number of Topliss-reactive ketones (excluding diaryl/α,β-unsaturated/α-hetero) is 1. The van der Waals surface area contributed by atoms with Crippen molar-refractivity contribution in [3.05, 3.63) is 64.9 Å². The number of likely N-dealkylation sites (N-methyl/N-ethyl adjacent to an activating group) is 1. The summed E-state index contributed by atoms with van der Waals surface area (Å²) in [6.07, 6.45) is 7.29. The lowest BCUT2D eigenvalue weighted by atomic mass is 9.74. The number of rotatable bonds is 6. The molecule has 1 aliphatic rings. The van der Waals surface area contributed by atoms with E-state index in [4.69, 9.17) is 16.3 Å². The summed E-state index contributed by atoms with van der Waals surface area (Å²) in [5.41, 5.74) is 1.40. The SMILES string of the molecule is Cc1cc[n+](COCN(C)C2(c3ccccc3Cl)CCCCC2=O)cc1. The van der Waals surface area contributed by atoms with Crippen molar-refractivity contribution in [3.8, 4) is 0 Å². The maximum Gasteiger partial charge on any atom is 0.253 e. The first-order valence-corrected chi connectivity index (χ1v) is 9.45. The third-order valence-corrected chi connectivity index (χ3v) is 5.54. The van der Waals surface area contributed by atoms with Crippen molar-refractivity contribution in [3.63, 3.8) is 0 Å². The molecule has 0 amide bonds. The maximum absolute atomic E-state index is 13.0. The Balaban J connectivity index is 1.77. The molecule has 2 aromatic rings. The molecule has 138 valence electrons. The van der Waals surface area contributed by atoms with Gasteiger partial charge in [-0.1, -0.05) is 36.2 Å². The van der Waals surface area contributed by atoms with Gasteiger partial charge in [-0.3, -0.25) is 9.69 Å². The molecule has 1 heterocycles. The summed E-state index contributed by atoms with van der Waals surface area (Å²) in [5, 5.41) is 0.641. The molecule has 4 nitrogen and oxygen atoms in total. The van der Waals surface area contributed by atoms with E-state index in [1.54, 1.807) is 0 Å². The summed E-state index contributed by atoms with van der Waals surface area (Å²) in [4.78, 5) is 15.0. The van der Waals surface area contributed by atoms with Crippen LogP contribution in [0.2, 0.25) is 5.02 Å². The normalized spacial score (nSPS) is 20.5. The standard InChI is InChI=1S/C21H26ClN2O2/c1-17-10-13-24(14-11-17)16-26-15-23(2)21(12-6-5-9-20(21)25)18-7-3-4-8-19(18)22/h3-4,7-8,10-11,13-14H,5-6,9,12,15-16H2,1-2H3/q+1. The monoisotopic (exact) mass is 373 g/mol. The van der Waals surface area contributed by atoms with Crippen molar-refractivity contribution in [1.82, 2.24) is 4.90 Å². The topological polar surface area (TPSA) is 33.4 Å². The van der Waals surface area contributed by atoms with Gasteiger partial charge in [-0.25, -0.2) is 0 Å². The molecule has 0 N–H and O–H groups in total. The smallest absolute Gasteiger partial charge is 0.253 e. The summed E-state index contributed by atoms with van der Waals surface area (Å²) >= 11 is 6.48. The number of aromatic nitrogens is 1. The molecule has 26 heavy (non-hydrogen) atoms. The van der Waals surface area contributed by atoms with Crippen molar-refractivity contribution in [2.75, 3.05) is 13.8 Å². The van der Waals surface area contributed by atoms with Crippen LogP contribution in [0.3, 0.4) is 0 Å². The van der Waals surface area contributed by atoms with Gasteiger partial charge < -0.3 is 4.74 Å². The average molecular weight is 374 g/mol. The van der Waals surface area contributed by atoms with Crippen molar-refractivity contribution >= 4 is 17.4 Å². The van der Waals surface area contributed by atoms with Gasteiger partial charge in [0.2, 0.25) is 0 Å². The maximum atomic E-state index is 13.0. The second kappa shape index (κ2) is 8.30. The fraction of sp³-hybridized carbons (Fsp3) is 0.429. The van der Waals surface area contributed by atoms with Crippen molar-refractivity contribution < 1.29 is 14.1 Å². The van der Waals surface area contributed by atoms with E-state index < -0.39 is 5.54 Å². The molecular weight excluding hydrogens is 348 g/mol. The van der Waals surface area contributed by atoms with E-state index in [-0.39, 0.29) is 5.78 Å². The lowest BCUT2D eigenvalue weighted by Gasteiger charge is -2.43. The third-order valence-electron chi connectivity index (χ3n) is 5.21. The predicted molar refractivity (Wildman–Crippen MR) is 102 cm³/mol. The minimum Gasteiger partial charge on any atom is -0.307 e. The molecule has 1 aromatic heterocycles. The molecule has 1 saturated carbocycles. The number of pyridine rings is 1. The Bertz CT molecular complexity index is 763. The Morgan fingerprint density at radius 1 is 1.19 bits per heavy atom. The fourth-order valence-corrected chi connectivity index (χ4v) is 4.01. The Hall–Kier alpha value is -1.75. The minimum atomic E-state index is -0.700. The molecular formula is C21H26ClN2O2+. The number of aryl methyl sites for hydroxylation is 1. The van der Waals surface area contributed by atoms with Crippen LogP contribution < -0.4 is 4.57 Å². The molecule has 1 fully saturated rings. The highest BCUT2D eigenvalue weighted by Crippen LogP contribution is 2.42. The molecule has 0 bridgehead atoms. The van der Waals surface area contributed by atoms with E-state index in [2.05, 4.69) is 6.92 Å². The van der Waals surface area contributed by atoms with E-state index in [0.717, 1.165) is 24.8 Å². The number of ketones is 1. The van der Waals surface area contributed by atoms with Crippen LogP contribution in [0, 0.1) is 6.92 Å². The zero-order valence-electron chi connectivity index (χ0n) is 15.5. The van der Waals surface area contributed by atoms with Gasteiger partial charge in [0.1, 0.15) is 12.3 Å². The second-order valence-corrected chi connectivity index (χ2v) is 7.43. The zero-order valence-corrected chi connectivity index (χ0v) is 16.2. The molecule has 1 aliphatic carbocycles. The lowest BCUT2D eigenvalue weighted by molar-refractivity contribution is -0.733. The number of carbonyl (C=O) groups excluding carboxylic acids is 1. The number of benzene rings is 1. The molecule has 5 heteroatoms. The molecule has 1 aromatic carbocycles. The van der Waals surface area contributed by atoms with Crippen LogP contribution in [-0.4, -0.2) is 24.5 Å². The highest BCUT2D eigenvalue weighted by molar-refractivity contribution is 6.31. The van der Waals surface area contributed by atoms with Crippen LogP contribution in [0.15, 0.2) is 48.8 Å². The molecule has 0 spiro atoms. The Labute approximate surface area is 160 Å². The number of carbonyl (C=O) groups is 1. The van der Waals surface area contributed by atoms with Gasteiger partial charge in [0.05, 0.1) is 0 Å². The number of hydrogen-bond acceptors (Lipinski definition) is 3. The zero-order chi connectivity index (χ0) is 18.6. The van der Waals surface area contributed by atoms with Crippen molar-refractivity contribution in [2.45, 2.75) is 44.9 Å². The summed E-state index contributed by atoms with van der Waals surface area (Å²) < 4.78 is 7.88. The average Bonchev–Trinajstić information content (AvgIpc) is 2.64. The van der Waals surface area contributed by atoms with E-state index in [1.165, 1.54) is 5.56 Å². The first-order valence-electron chi connectivity index (χ1n) is 9.07. The summed E-state index contributed by atoms with van der Waals surface area (Å²) in [5.74, 6) is 0.228. The van der Waals surface area contributed by atoms with Gasteiger partial charge in [-0.2, -0.15) is 4.57 Å². The quantitative estimate of drug-likeness (QED) is 0.569. The van der Waals surface area contributed by atoms with Crippen LogP contribution in [-0.2, 0) is 21.8 Å². The predicted octanol–water partition coefficient (Wildman–Crippen LogP) is 3.84. The van der Waals surface area contributed by atoms with Crippen LogP contribution >= 0.6 is 11.6 Å². The highest BCUT2D eigenvalue weighted by Gasteiger charge is 2.46. The van der Waals surface area contributed by atoms with Gasteiger partial charge >= 0.3 is 0 Å². The van der Waals surface area contributed by atoms with E-state index in [0.29, 0.717) is 24.9 Å². The summed E-state index contributed by atoms with van der Waals surface area (Å²) in [7, 11) is 1.95. The fourth-order valence-electron chi connectivity index (χ4n) is 3.71. The third kappa shape index (κ3) is 3.83. The number of ether oxygens (including phenoxy) is 1. The van der Waals surface area contributed by atoms with Gasteiger partial charge in [0.15, 0.2) is 18.2 Å². The molecule has 0 saturated heterocycles. The van der Waals surface area contributed by atoms with Gasteiger partial charge in [-0.05, 0) is 44.0 Å². The molecule has 0 radical (unpaired) electrons. The number of nitrogens with zero attached hydrogens (tertiary/aromatic N) is 2. The second-order valence-electron chi connectivity index (χ2n) is 7.02. The lowest BCUT2D eigenvalue weighted by Crippen LogP contribution is -2.53. The number of hydrogen-bond donors (Lipinski definition) is 0. The first kappa shape index (κ1) is 19.0. The first-order chi connectivity index (χ1) is 12.5. The van der Waals surface area contributed by atoms with Crippen LogP contribution in [0.4, 0.5) is 0 Å². The molecule has 3 rings (SSSR count). The van der Waals surface area contributed by atoms with E-state index in [9.17, 15) is 4.79 Å². The molecule has 1 unspecified atom stereocenters. The highest BCUT2D eigenvalue weighted by atomic mass is 35.5. The number of halogens is 1. The molecule has 0 aliphatic heterocycles. The Morgan fingerprint density at radius 2 is 1.92 bits per heavy atom. The van der Waals surface area contributed by atoms with Crippen molar-refractivity contribution in [2.24, 2.45) is 0 Å². The summed E-state index contributed by atoms with van der Waals surface area (Å²) in [6.45, 7) is 2.86. The van der Waals surface area contributed by atoms with Crippen molar-refractivity contribution in [1.29, 1.82) is 0 Å². The summed E-state index contributed by atoms with van der Waals surface area (Å²) in [6, 6.07) is 11.8. The van der Waals surface area contributed by atoms with Gasteiger partial charge in [-0.15, -0.1) is 0 Å². The minimum absolute atomic E-state index is 0.228. The Morgan fingerprint density at radius 3 is 2.62 bits per heavy atom. The van der Waals surface area contributed by atoms with Crippen LogP contribution in [0.25, 0.3) is 0 Å². The van der Waals surface area contributed by atoms with E-state index in [1.807, 2.05) is 65.3 Å². The van der Waals surface area contributed by atoms with Gasteiger partial charge in [0.25, 0.3) is 6.73 Å². The van der Waals surface area contributed by atoms with Gasteiger partial charge in [0, 0.05) is 23.6 Å². The largest absolute Gasteiger partial charge is 0.307 e. The Kier molecular flexibility index (Phi) is 6.07.